The van der Waals surface area contributed by atoms with E-state index in [4.69, 9.17) is 0 Å². The molecule has 110 valence electrons. The number of fused-ring (bicyclic) bond motifs is 1. The van der Waals surface area contributed by atoms with Gasteiger partial charge in [-0.3, -0.25) is 9.69 Å². The molecule has 0 aliphatic heterocycles. The molecule has 0 amide bonds. The van der Waals surface area contributed by atoms with Gasteiger partial charge in [-0.25, -0.2) is 0 Å². The molecule has 2 atom stereocenters. The van der Waals surface area contributed by atoms with E-state index in [1.54, 1.807) is 6.07 Å². The number of aryl methyl sites for hydroxylation is 1. The Morgan fingerprint density at radius 1 is 1.40 bits per heavy atom. The minimum absolute atomic E-state index is 0.0197. The molecule has 3 rings (SSSR count). The first kappa shape index (κ1) is 13.8. The van der Waals surface area contributed by atoms with Crippen molar-refractivity contribution in [3.05, 3.63) is 33.7 Å². The van der Waals surface area contributed by atoms with Crippen LogP contribution in [0.5, 0.6) is 0 Å². The van der Waals surface area contributed by atoms with Crippen molar-refractivity contribution in [3.63, 3.8) is 0 Å². The van der Waals surface area contributed by atoms with Crippen LogP contribution in [0, 0.1) is 0 Å². The third kappa shape index (κ3) is 2.96. The van der Waals surface area contributed by atoms with Crippen LogP contribution in [0.2, 0.25) is 0 Å². The minimum atomic E-state index is 0.0197. The maximum absolute atomic E-state index is 11.4. The second-order valence-electron chi connectivity index (χ2n) is 6.36. The predicted octanol–water partition coefficient (Wildman–Crippen LogP) is 1.82. The van der Waals surface area contributed by atoms with Crippen molar-refractivity contribution in [2.75, 3.05) is 13.6 Å². The fraction of sp³-hybridized carbons (Fsp3) is 0.688. The highest BCUT2D eigenvalue weighted by atomic mass is 16.1. The number of rotatable bonds is 5. The maximum Gasteiger partial charge on any atom is 0.248 e. The molecule has 1 aromatic heterocycles. The van der Waals surface area contributed by atoms with E-state index < -0.39 is 0 Å². The minimum Gasteiger partial charge on any atom is -0.326 e. The van der Waals surface area contributed by atoms with Gasteiger partial charge in [0.05, 0.1) is 0 Å². The lowest BCUT2D eigenvalue weighted by atomic mass is 9.91. The Morgan fingerprint density at radius 3 is 2.95 bits per heavy atom. The SMILES string of the molecule is CC(CNC1CCCc2[nH]c(=O)ccc21)N(C)C1CC1. The van der Waals surface area contributed by atoms with E-state index in [1.807, 2.05) is 6.07 Å². The molecule has 0 radical (unpaired) electrons. The summed E-state index contributed by atoms with van der Waals surface area (Å²) in [7, 11) is 2.23. The summed E-state index contributed by atoms with van der Waals surface area (Å²) >= 11 is 0. The van der Waals surface area contributed by atoms with Gasteiger partial charge in [-0.1, -0.05) is 6.07 Å². The Hall–Kier alpha value is -1.13. The van der Waals surface area contributed by atoms with Gasteiger partial charge in [0.25, 0.3) is 0 Å². The van der Waals surface area contributed by atoms with Crippen molar-refractivity contribution in [1.82, 2.24) is 15.2 Å². The summed E-state index contributed by atoms with van der Waals surface area (Å²) in [6, 6.07) is 5.42. The van der Waals surface area contributed by atoms with Crippen LogP contribution in [0.15, 0.2) is 16.9 Å². The third-order valence-corrected chi connectivity index (χ3v) is 4.81. The van der Waals surface area contributed by atoms with Crippen LogP contribution in [-0.2, 0) is 6.42 Å². The van der Waals surface area contributed by atoms with Crippen LogP contribution in [0.1, 0.15) is 49.9 Å². The number of nitrogens with zero attached hydrogens (tertiary/aromatic N) is 1. The highest BCUT2D eigenvalue weighted by Crippen LogP contribution is 2.29. The number of aromatic amines is 1. The number of nitrogens with one attached hydrogen (secondary N) is 2. The van der Waals surface area contributed by atoms with Crippen molar-refractivity contribution < 1.29 is 0 Å². The van der Waals surface area contributed by atoms with E-state index in [0.29, 0.717) is 12.1 Å². The Bertz CT molecular complexity index is 521. The molecule has 1 fully saturated rings. The first-order valence-corrected chi connectivity index (χ1v) is 7.82. The molecule has 4 heteroatoms. The van der Waals surface area contributed by atoms with Crippen molar-refractivity contribution in [2.24, 2.45) is 0 Å². The fourth-order valence-electron chi connectivity index (χ4n) is 3.21. The third-order valence-electron chi connectivity index (χ3n) is 4.81. The van der Waals surface area contributed by atoms with Crippen molar-refractivity contribution in [2.45, 2.75) is 57.2 Å². The second kappa shape index (κ2) is 5.70. The molecule has 2 unspecified atom stereocenters. The van der Waals surface area contributed by atoms with Crippen molar-refractivity contribution in [3.8, 4) is 0 Å². The molecule has 0 bridgehead atoms. The van der Waals surface area contributed by atoms with Crippen LogP contribution < -0.4 is 10.9 Å². The number of pyridine rings is 1. The fourth-order valence-corrected chi connectivity index (χ4v) is 3.21. The summed E-state index contributed by atoms with van der Waals surface area (Å²) in [6.07, 6.45) is 6.03. The molecule has 0 saturated heterocycles. The van der Waals surface area contributed by atoms with Gasteiger partial charge in [0.15, 0.2) is 0 Å². The van der Waals surface area contributed by atoms with Crippen molar-refractivity contribution >= 4 is 0 Å². The number of likely N-dealkylation sites (N-methyl/N-ethyl adjacent to an activating group) is 1. The molecule has 1 saturated carbocycles. The van der Waals surface area contributed by atoms with Gasteiger partial charge < -0.3 is 10.3 Å². The van der Waals surface area contributed by atoms with Crippen LogP contribution in [-0.4, -0.2) is 35.6 Å². The van der Waals surface area contributed by atoms with Gasteiger partial charge in [-0.05, 0) is 51.6 Å². The molecular weight excluding hydrogens is 250 g/mol. The summed E-state index contributed by atoms with van der Waals surface area (Å²) in [6.45, 7) is 3.30. The topological polar surface area (TPSA) is 48.1 Å². The monoisotopic (exact) mass is 275 g/mol. The van der Waals surface area contributed by atoms with Gasteiger partial charge in [0.2, 0.25) is 5.56 Å². The summed E-state index contributed by atoms with van der Waals surface area (Å²) < 4.78 is 0. The van der Waals surface area contributed by atoms with E-state index in [2.05, 4.69) is 29.2 Å². The standard InChI is InChI=1S/C16H25N3O/c1-11(19(2)12-6-7-12)10-17-14-4-3-5-15-13(14)8-9-16(20)18-15/h8-9,11-12,14,17H,3-7,10H2,1-2H3,(H,18,20). The van der Waals surface area contributed by atoms with Gasteiger partial charge in [-0.2, -0.15) is 0 Å². The Morgan fingerprint density at radius 2 is 2.20 bits per heavy atom. The van der Waals surface area contributed by atoms with E-state index in [-0.39, 0.29) is 5.56 Å². The first-order valence-electron chi connectivity index (χ1n) is 7.82. The largest absolute Gasteiger partial charge is 0.326 e. The lowest BCUT2D eigenvalue weighted by Crippen LogP contribution is -2.41. The quantitative estimate of drug-likeness (QED) is 0.862. The number of H-pyrrole nitrogens is 1. The van der Waals surface area contributed by atoms with Gasteiger partial charge in [0.1, 0.15) is 0 Å². The number of hydrogen-bond donors (Lipinski definition) is 2. The van der Waals surface area contributed by atoms with Crippen LogP contribution >= 0.6 is 0 Å². The molecule has 0 aromatic carbocycles. The highest BCUT2D eigenvalue weighted by Gasteiger charge is 2.29. The van der Waals surface area contributed by atoms with Gasteiger partial charge in [0, 0.05) is 36.4 Å². The Labute approximate surface area is 120 Å². The van der Waals surface area contributed by atoms with E-state index >= 15 is 0 Å². The van der Waals surface area contributed by atoms with Crippen LogP contribution in [0.3, 0.4) is 0 Å². The molecule has 2 N–H and O–H groups in total. The zero-order valence-corrected chi connectivity index (χ0v) is 12.5. The number of hydrogen-bond acceptors (Lipinski definition) is 3. The summed E-state index contributed by atoms with van der Waals surface area (Å²) in [5.74, 6) is 0. The first-order chi connectivity index (χ1) is 9.65. The normalized spacial score (nSPS) is 23.6. The summed E-state index contributed by atoms with van der Waals surface area (Å²) in [5.41, 5.74) is 2.44. The lowest BCUT2D eigenvalue weighted by molar-refractivity contribution is 0.233. The zero-order valence-electron chi connectivity index (χ0n) is 12.5. The van der Waals surface area contributed by atoms with Crippen LogP contribution in [0.4, 0.5) is 0 Å². The molecule has 20 heavy (non-hydrogen) atoms. The molecule has 0 spiro atoms. The van der Waals surface area contributed by atoms with Crippen molar-refractivity contribution in [1.29, 1.82) is 0 Å². The van der Waals surface area contributed by atoms with Gasteiger partial charge >= 0.3 is 0 Å². The molecule has 2 aliphatic carbocycles. The molecular formula is C16H25N3O. The van der Waals surface area contributed by atoms with Gasteiger partial charge in [-0.15, -0.1) is 0 Å². The zero-order chi connectivity index (χ0) is 14.1. The summed E-state index contributed by atoms with van der Waals surface area (Å²) in [4.78, 5) is 16.9. The second-order valence-corrected chi connectivity index (χ2v) is 6.36. The lowest BCUT2D eigenvalue weighted by Gasteiger charge is -2.30. The smallest absolute Gasteiger partial charge is 0.248 e. The average molecular weight is 275 g/mol. The van der Waals surface area contributed by atoms with E-state index in [9.17, 15) is 4.79 Å². The molecule has 2 aliphatic rings. The number of aromatic nitrogens is 1. The molecule has 1 heterocycles. The van der Waals surface area contributed by atoms with Crippen LogP contribution in [0.25, 0.3) is 0 Å². The Balaban J connectivity index is 1.62. The predicted molar refractivity (Wildman–Crippen MR) is 81.0 cm³/mol. The molecule has 1 aromatic rings. The molecule has 4 nitrogen and oxygen atoms in total. The highest BCUT2D eigenvalue weighted by molar-refractivity contribution is 5.26. The average Bonchev–Trinajstić information content (AvgIpc) is 3.28. The summed E-state index contributed by atoms with van der Waals surface area (Å²) in [5, 5.41) is 3.70. The van der Waals surface area contributed by atoms with E-state index in [1.165, 1.54) is 24.8 Å². The van der Waals surface area contributed by atoms with E-state index in [0.717, 1.165) is 31.1 Å². The Kier molecular flexibility index (Phi) is 3.94. The maximum atomic E-state index is 11.4.